The highest BCUT2D eigenvalue weighted by molar-refractivity contribution is 7.83. The van der Waals surface area contributed by atoms with Gasteiger partial charge in [0.2, 0.25) is 0 Å². The van der Waals surface area contributed by atoms with Crippen molar-refractivity contribution in [3.63, 3.8) is 0 Å². The van der Waals surface area contributed by atoms with Gasteiger partial charge in [0, 0.05) is 28.4 Å². The van der Waals surface area contributed by atoms with Gasteiger partial charge in [-0.2, -0.15) is 13.2 Å². The molecule has 6 heteroatoms. The van der Waals surface area contributed by atoms with Crippen molar-refractivity contribution in [1.29, 1.82) is 0 Å². The Bertz CT molecular complexity index is 745. The van der Waals surface area contributed by atoms with Crippen LogP contribution in [0.15, 0.2) is 52.3 Å². The van der Waals surface area contributed by atoms with Gasteiger partial charge in [-0.1, -0.05) is 56.4 Å². The van der Waals surface area contributed by atoms with Crippen LogP contribution in [0.1, 0.15) is 62.5 Å². The molecule has 0 saturated carbocycles. The smallest absolute Gasteiger partial charge is 0.385 e. The molecule has 0 unspecified atom stereocenters. The summed E-state index contributed by atoms with van der Waals surface area (Å²) in [4.78, 5) is 1.74. The van der Waals surface area contributed by atoms with Crippen LogP contribution in [0.5, 0.6) is 0 Å². The molecule has 0 aromatic heterocycles. The average Bonchev–Trinajstić information content (AvgIpc) is 2.70. The number of rotatable bonds is 13. The Morgan fingerprint density at radius 3 is 1.83 bits per heavy atom. The number of halogens is 3. The van der Waals surface area contributed by atoms with Crippen LogP contribution >= 0.6 is 25.3 Å². The lowest BCUT2D eigenvalue weighted by Gasteiger charge is -2.09. The summed E-state index contributed by atoms with van der Waals surface area (Å²) in [6.07, 6.45) is 3.67. The lowest BCUT2D eigenvalue weighted by atomic mass is 10.0. The van der Waals surface area contributed by atoms with Crippen molar-refractivity contribution in [3.8, 4) is 0 Å². The SMILES string of the molecule is FC(F)(F)CCCCCCCCCc1ccc(CCNc2ccc(S)c(S)c2)cc1. The predicted octanol–water partition coefficient (Wildman–Crippen LogP) is 8.14. The molecule has 0 amide bonds. The zero-order valence-electron chi connectivity index (χ0n) is 17.3. The van der Waals surface area contributed by atoms with Gasteiger partial charge in [0.05, 0.1) is 0 Å². The van der Waals surface area contributed by atoms with Crippen molar-refractivity contribution in [2.75, 3.05) is 11.9 Å². The van der Waals surface area contributed by atoms with Crippen LogP contribution in [0.25, 0.3) is 0 Å². The monoisotopic (exact) mass is 455 g/mol. The molecule has 2 aromatic carbocycles. The van der Waals surface area contributed by atoms with Crippen molar-refractivity contribution >= 4 is 30.9 Å². The minimum Gasteiger partial charge on any atom is -0.385 e. The van der Waals surface area contributed by atoms with Crippen LogP contribution in [0.4, 0.5) is 18.9 Å². The van der Waals surface area contributed by atoms with E-state index in [0.29, 0.717) is 6.42 Å². The van der Waals surface area contributed by atoms with E-state index < -0.39 is 12.6 Å². The topological polar surface area (TPSA) is 12.0 Å². The average molecular weight is 456 g/mol. The first kappa shape index (κ1) is 25.0. The van der Waals surface area contributed by atoms with Crippen LogP contribution in [0.3, 0.4) is 0 Å². The maximum atomic E-state index is 12.1. The first-order valence-electron chi connectivity index (χ1n) is 10.7. The van der Waals surface area contributed by atoms with Gasteiger partial charge in [0.1, 0.15) is 0 Å². The largest absolute Gasteiger partial charge is 0.389 e. The Hall–Kier alpha value is -1.27. The first-order chi connectivity index (χ1) is 14.3. The molecule has 30 heavy (non-hydrogen) atoms. The van der Waals surface area contributed by atoms with Crippen molar-refractivity contribution in [1.82, 2.24) is 0 Å². The summed E-state index contributed by atoms with van der Waals surface area (Å²) in [5.74, 6) is 0. The van der Waals surface area contributed by atoms with E-state index in [1.807, 2.05) is 18.2 Å². The Morgan fingerprint density at radius 1 is 0.667 bits per heavy atom. The Balaban J connectivity index is 1.53. The molecule has 1 nitrogen and oxygen atoms in total. The summed E-state index contributed by atoms with van der Waals surface area (Å²) in [7, 11) is 0. The van der Waals surface area contributed by atoms with Gasteiger partial charge in [-0.15, -0.1) is 25.3 Å². The summed E-state index contributed by atoms with van der Waals surface area (Å²) >= 11 is 8.71. The highest BCUT2D eigenvalue weighted by Crippen LogP contribution is 2.23. The van der Waals surface area contributed by atoms with E-state index in [1.165, 1.54) is 11.1 Å². The number of anilines is 1. The molecule has 0 bridgehead atoms. The third-order valence-corrected chi connectivity index (χ3v) is 6.10. The van der Waals surface area contributed by atoms with Crippen molar-refractivity contribution in [2.45, 2.75) is 80.2 Å². The lowest BCUT2D eigenvalue weighted by molar-refractivity contribution is -0.135. The second-order valence-electron chi connectivity index (χ2n) is 7.79. The van der Waals surface area contributed by atoms with E-state index >= 15 is 0 Å². The molecule has 166 valence electrons. The number of unbranched alkanes of at least 4 members (excludes halogenated alkanes) is 6. The summed E-state index contributed by atoms with van der Waals surface area (Å²) < 4.78 is 36.2. The van der Waals surface area contributed by atoms with Gasteiger partial charge in [0.25, 0.3) is 0 Å². The summed E-state index contributed by atoms with van der Waals surface area (Å²) in [6, 6.07) is 14.7. The van der Waals surface area contributed by atoms with Gasteiger partial charge in [0.15, 0.2) is 0 Å². The Kier molecular flexibility index (Phi) is 11.0. The lowest BCUT2D eigenvalue weighted by Crippen LogP contribution is -2.06. The second kappa shape index (κ2) is 13.2. The molecule has 0 aliphatic rings. The fourth-order valence-electron chi connectivity index (χ4n) is 3.40. The zero-order valence-corrected chi connectivity index (χ0v) is 19.1. The van der Waals surface area contributed by atoms with Crippen molar-refractivity contribution in [3.05, 3.63) is 53.6 Å². The molecule has 0 spiro atoms. The predicted molar refractivity (Wildman–Crippen MR) is 126 cm³/mol. The highest BCUT2D eigenvalue weighted by atomic mass is 32.1. The molecule has 0 heterocycles. The van der Waals surface area contributed by atoms with Gasteiger partial charge >= 0.3 is 6.18 Å². The normalized spacial score (nSPS) is 11.6. The van der Waals surface area contributed by atoms with E-state index in [0.717, 1.165) is 67.0 Å². The molecular weight excluding hydrogens is 423 g/mol. The fraction of sp³-hybridized carbons (Fsp3) is 0.500. The molecule has 0 saturated heterocycles. The van der Waals surface area contributed by atoms with Crippen LogP contribution in [-0.4, -0.2) is 12.7 Å². The van der Waals surface area contributed by atoms with Gasteiger partial charge in [-0.05, 0) is 55.0 Å². The molecule has 0 aliphatic carbocycles. The first-order valence-corrected chi connectivity index (χ1v) is 11.6. The molecule has 0 aliphatic heterocycles. The third kappa shape index (κ3) is 10.7. The summed E-state index contributed by atoms with van der Waals surface area (Å²) in [5.41, 5.74) is 3.71. The number of aryl methyl sites for hydroxylation is 1. The number of hydrogen-bond donors (Lipinski definition) is 3. The fourth-order valence-corrected chi connectivity index (χ4v) is 3.75. The minimum atomic E-state index is -4.00. The van der Waals surface area contributed by atoms with Crippen molar-refractivity contribution in [2.24, 2.45) is 0 Å². The number of thiol groups is 2. The maximum Gasteiger partial charge on any atom is 0.389 e. The standard InChI is InChI=1S/C24H32F3NS2/c25-24(26,27)16-7-5-3-1-2-4-6-8-19-9-11-20(12-10-19)15-17-28-21-13-14-22(29)23(30)18-21/h9-14,18,28-30H,1-8,15-17H2. The van der Waals surface area contributed by atoms with Crippen molar-refractivity contribution < 1.29 is 13.2 Å². The number of benzene rings is 2. The van der Waals surface area contributed by atoms with Gasteiger partial charge in [-0.3, -0.25) is 0 Å². The number of hydrogen-bond acceptors (Lipinski definition) is 3. The van der Waals surface area contributed by atoms with Gasteiger partial charge in [-0.25, -0.2) is 0 Å². The molecule has 2 rings (SSSR count). The van der Waals surface area contributed by atoms with Crippen LogP contribution in [0.2, 0.25) is 0 Å². The van der Waals surface area contributed by atoms with E-state index in [4.69, 9.17) is 0 Å². The second-order valence-corrected chi connectivity index (χ2v) is 8.75. The van der Waals surface area contributed by atoms with E-state index in [-0.39, 0.29) is 6.42 Å². The molecular formula is C24H32F3NS2. The van der Waals surface area contributed by atoms with E-state index in [9.17, 15) is 13.2 Å². The summed E-state index contributed by atoms with van der Waals surface area (Å²) in [6.45, 7) is 0.863. The Morgan fingerprint density at radius 2 is 1.23 bits per heavy atom. The summed E-state index contributed by atoms with van der Waals surface area (Å²) in [5, 5.41) is 3.41. The molecule has 0 atom stereocenters. The molecule has 1 N–H and O–H groups in total. The minimum absolute atomic E-state index is 0.267. The zero-order chi connectivity index (χ0) is 21.8. The quantitative estimate of drug-likeness (QED) is 0.204. The van der Waals surface area contributed by atoms with Gasteiger partial charge < -0.3 is 5.32 Å². The third-order valence-electron chi connectivity index (χ3n) is 5.17. The molecule has 2 aromatic rings. The maximum absolute atomic E-state index is 12.1. The van der Waals surface area contributed by atoms with E-state index in [1.54, 1.807) is 0 Å². The Labute approximate surface area is 189 Å². The van der Waals surface area contributed by atoms with Crippen LogP contribution < -0.4 is 5.32 Å². The molecule has 0 fully saturated rings. The number of alkyl halides is 3. The molecule has 0 radical (unpaired) electrons. The van der Waals surface area contributed by atoms with Crippen LogP contribution in [0, 0.1) is 0 Å². The van der Waals surface area contributed by atoms with E-state index in [2.05, 4.69) is 54.8 Å². The van der Waals surface area contributed by atoms with Crippen LogP contribution in [-0.2, 0) is 12.8 Å². The highest BCUT2D eigenvalue weighted by Gasteiger charge is 2.25. The number of nitrogens with one attached hydrogen (secondary N) is 1.